The highest BCUT2D eigenvalue weighted by molar-refractivity contribution is 6.00. The van der Waals surface area contributed by atoms with Gasteiger partial charge in [0.25, 0.3) is 5.91 Å². The lowest BCUT2D eigenvalue weighted by molar-refractivity contribution is -0.119. The molecule has 0 aliphatic heterocycles. The molecule has 0 aliphatic rings. The average Bonchev–Trinajstić information content (AvgIpc) is 2.79. The van der Waals surface area contributed by atoms with Crippen molar-refractivity contribution in [2.75, 3.05) is 31.5 Å². The Kier molecular flexibility index (Phi) is 7.61. The molecule has 0 spiro atoms. The van der Waals surface area contributed by atoms with E-state index in [1.165, 1.54) is 7.11 Å². The molecule has 3 rings (SSSR count). The number of ether oxygens (including phenoxy) is 2. The summed E-state index contributed by atoms with van der Waals surface area (Å²) in [6, 6.07) is 22.1. The summed E-state index contributed by atoms with van der Waals surface area (Å²) in [5.41, 5.74) is 3.59. The maximum atomic E-state index is 12.8. The van der Waals surface area contributed by atoms with E-state index in [1.807, 2.05) is 60.7 Å². The maximum Gasteiger partial charge on any atom is 0.253 e. The second-order valence-electron chi connectivity index (χ2n) is 6.76. The van der Waals surface area contributed by atoms with Crippen molar-refractivity contribution in [3.63, 3.8) is 0 Å². The molecule has 0 heterocycles. The van der Waals surface area contributed by atoms with Crippen LogP contribution in [0.4, 0.5) is 17.1 Å². The predicted octanol–water partition coefficient (Wildman–Crippen LogP) is 3.95. The summed E-state index contributed by atoms with van der Waals surface area (Å²) in [5, 5.41) is 8.95. The predicted molar refractivity (Wildman–Crippen MR) is 121 cm³/mol. The van der Waals surface area contributed by atoms with E-state index in [1.54, 1.807) is 19.2 Å². The number of benzene rings is 3. The van der Waals surface area contributed by atoms with Gasteiger partial charge < -0.3 is 25.4 Å². The van der Waals surface area contributed by atoms with Gasteiger partial charge in [-0.15, -0.1) is 0 Å². The molecule has 2 amide bonds. The molecule has 3 aromatic carbocycles. The van der Waals surface area contributed by atoms with Crippen LogP contribution < -0.4 is 20.7 Å². The van der Waals surface area contributed by atoms with E-state index >= 15 is 0 Å². The highest BCUT2D eigenvalue weighted by atomic mass is 16.5. The first-order valence-corrected chi connectivity index (χ1v) is 9.75. The first kappa shape index (κ1) is 21.9. The van der Waals surface area contributed by atoms with Gasteiger partial charge in [0.2, 0.25) is 5.91 Å². The largest absolute Gasteiger partial charge is 0.497 e. The molecule has 3 aromatic rings. The Morgan fingerprint density at radius 2 is 1.65 bits per heavy atom. The molecule has 0 unspecified atom stereocenters. The second-order valence-corrected chi connectivity index (χ2v) is 6.76. The van der Waals surface area contributed by atoms with Crippen LogP contribution in [0.3, 0.4) is 0 Å². The number of anilines is 3. The van der Waals surface area contributed by atoms with Crippen molar-refractivity contribution < 1.29 is 19.1 Å². The van der Waals surface area contributed by atoms with Crippen LogP contribution in [-0.4, -0.2) is 32.6 Å². The maximum absolute atomic E-state index is 12.8. The quantitative estimate of drug-likeness (QED) is 0.489. The van der Waals surface area contributed by atoms with E-state index in [0.29, 0.717) is 23.5 Å². The van der Waals surface area contributed by atoms with Gasteiger partial charge in [0.05, 0.1) is 18.4 Å². The Labute approximate surface area is 181 Å². The van der Waals surface area contributed by atoms with Crippen LogP contribution in [0.25, 0.3) is 0 Å². The van der Waals surface area contributed by atoms with Gasteiger partial charge in [-0.2, -0.15) is 0 Å². The van der Waals surface area contributed by atoms with Crippen LogP contribution >= 0.6 is 0 Å². The van der Waals surface area contributed by atoms with Crippen LogP contribution in [0.15, 0.2) is 72.8 Å². The lowest BCUT2D eigenvalue weighted by Gasteiger charge is -2.13. The van der Waals surface area contributed by atoms with E-state index in [2.05, 4.69) is 16.0 Å². The first-order chi connectivity index (χ1) is 15.1. The molecule has 7 heteroatoms. The number of amides is 2. The van der Waals surface area contributed by atoms with Gasteiger partial charge in [-0.3, -0.25) is 9.59 Å². The van der Waals surface area contributed by atoms with Gasteiger partial charge in [0.1, 0.15) is 12.4 Å². The SMILES string of the molecule is COCC(=O)Nc1cccc(CNC(=O)c2ccccc2Nc2ccc(OC)cc2)c1. The molecule has 0 saturated heterocycles. The number of carbonyl (C=O) groups excluding carboxylic acids is 2. The van der Waals surface area contributed by atoms with Gasteiger partial charge in [-0.25, -0.2) is 0 Å². The lowest BCUT2D eigenvalue weighted by Crippen LogP contribution is -2.24. The molecule has 0 saturated carbocycles. The van der Waals surface area contributed by atoms with E-state index in [9.17, 15) is 9.59 Å². The molecule has 0 fully saturated rings. The van der Waals surface area contributed by atoms with Crippen molar-refractivity contribution >= 4 is 28.9 Å². The Morgan fingerprint density at radius 3 is 2.39 bits per heavy atom. The van der Waals surface area contributed by atoms with Gasteiger partial charge in [0.15, 0.2) is 0 Å². The van der Waals surface area contributed by atoms with E-state index < -0.39 is 0 Å². The third-order valence-corrected chi connectivity index (χ3v) is 4.48. The molecule has 7 nitrogen and oxygen atoms in total. The number of methoxy groups -OCH3 is 2. The van der Waals surface area contributed by atoms with Crippen molar-refractivity contribution in [3.05, 3.63) is 83.9 Å². The Balaban J connectivity index is 1.65. The Hall–Kier alpha value is -3.84. The molecule has 0 atom stereocenters. The van der Waals surface area contributed by atoms with Crippen molar-refractivity contribution in [2.45, 2.75) is 6.54 Å². The highest BCUT2D eigenvalue weighted by Crippen LogP contribution is 2.23. The van der Waals surface area contributed by atoms with Crippen molar-refractivity contribution in [2.24, 2.45) is 0 Å². The smallest absolute Gasteiger partial charge is 0.253 e. The van der Waals surface area contributed by atoms with Crippen molar-refractivity contribution in [1.29, 1.82) is 0 Å². The summed E-state index contributed by atoms with van der Waals surface area (Å²) in [5.74, 6) is 0.324. The summed E-state index contributed by atoms with van der Waals surface area (Å²) < 4.78 is 9.99. The third-order valence-electron chi connectivity index (χ3n) is 4.48. The number of para-hydroxylation sites is 1. The molecule has 0 bridgehead atoms. The fourth-order valence-corrected chi connectivity index (χ4v) is 2.98. The summed E-state index contributed by atoms with van der Waals surface area (Å²) >= 11 is 0. The zero-order valence-electron chi connectivity index (χ0n) is 17.5. The minimum atomic E-state index is -0.234. The zero-order valence-corrected chi connectivity index (χ0v) is 17.5. The second kappa shape index (κ2) is 10.8. The van der Waals surface area contributed by atoms with Crippen LogP contribution in [0.1, 0.15) is 15.9 Å². The summed E-state index contributed by atoms with van der Waals surface area (Å²) in [6.07, 6.45) is 0. The van der Waals surface area contributed by atoms with Crippen LogP contribution in [0.5, 0.6) is 5.75 Å². The lowest BCUT2D eigenvalue weighted by atomic mass is 10.1. The normalized spacial score (nSPS) is 10.3. The standard InChI is InChI=1S/C24H25N3O4/c1-30-16-23(28)27-19-7-5-6-17(14-19)15-25-24(29)21-8-3-4-9-22(21)26-18-10-12-20(31-2)13-11-18/h3-14,26H,15-16H2,1-2H3,(H,25,29)(H,27,28). The van der Waals surface area contributed by atoms with E-state index in [-0.39, 0.29) is 18.4 Å². The minimum Gasteiger partial charge on any atom is -0.497 e. The van der Waals surface area contributed by atoms with Gasteiger partial charge in [-0.1, -0.05) is 24.3 Å². The van der Waals surface area contributed by atoms with Crippen LogP contribution in [0.2, 0.25) is 0 Å². The number of nitrogens with one attached hydrogen (secondary N) is 3. The summed E-state index contributed by atoms with van der Waals surface area (Å²) in [4.78, 5) is 24.5. The Bertz CT molecular complexity index is 1040. The van der Waals surface area contributed by atoms with E-state index in [0.717, 1.165) is 17.0 Å². The molecule has 0 aromatic heterocycles. The molecular formula is C24H25N3O4. The summed E-state index contributed by atoms with van der Waals surface area (Å²) in [6.45, 7) is 0.308. The van der Waals surface area contributed by atoms with Crippen LogP contribution in [-0.2, 0) is 16.1 Å². The number of hydrogen-bond acceptors (Lipinski definition) is 5. The fraction of sp³-hybridized carbons (Fsp3) is 0.167. The van der Waals surface area contributed by atoms with Gasteiger partial charge in [-0.05, 0) is 54.1 Å². The van der Waals surface area contributed by atoms with E-state index in [4.69, 9.17) is 9.47 Å². The molecule has 160 valence electrons. The molecule has 0 radical (unpaired) electrons. The topological polar surface area (TPSA) is 88.7 Å². The third kappa shape index (κ3) is 6.32. The number of carbonyl (C=O) groups is 2. The molecule has 31 heavy (non-hydrogen) atoms. The summed E-state index contributed by atoms with van der Waals surface area (Å²) in [7, 11) is 3.08. The first-order valence-electron chi connectivity index (χ1n) is 9.75. The van der Waals surface area contributed by atoms with Crippen LogP contribution in [0, 0.1) is 0 Å². The van der Waals surface area contributed by atoms with Crippen molar-refractivity contribution in [3.8, 4) is 5.75 Å². The average molecular weight is 419 g/mol. The van der Waals surface area contributed by atoms with Crippen molar-refractivity contribution in [1.82, 2.24) is 5.32 Å². The van der Waals surface area contributed by atoms with Gasteiger partial charge >= 0.3 is 0 Å². The monoisotopic (exact) mass is 419 g/mol. The fourth-order valence-electron chi connectivity index (χ4n) is 2.98. The van der Waals surface area contributed by atoms with Gasteiger partial charge in [0, 0.05) is 25.0 Å². The molecule has 0 aliphatic carbocycles. The highest BCUT2D eigenvalue weighted by Gasteiger charge is 2.11. The number of rotatable bonds is 9. The molecular weight excluding hydrogens is 394 g/mol. The zero-order chi connectivity index (χ0) is 22.1. The Morgan fingerprint density at radius 1 is 0.871 bits per heavy atom. The molecule has 3 N–H and O–H groups in total. The number of hydrogen-bond donors (Lipinski definition) is 3. The minimum absolute atomic E-state index is 0.0149.